The number of benzene rings is 1. The van der Waals surface area contributed by atoms with Gasteiger partial charge in [-0.05, 0) is 18.2 Å². The molecule has 0 saturated carbocycles. The molecule has 0 aliphatic carbocycles. The molecule has 0 aliphatic rings. The van der Waals surface area contributed by atoms with Crippen LogP contribution in [0.25, 0.3) is 11.5 Å². The molecule has 2 heterocycles. The van der Waals surface area contributed by atoms with Crippen LogP contribution in [0.15, 0.2) is 53.2 Å². The van der Waals surface area contributed by atoms with Gasteiger partial charge in [0.15, 0.2) is 0 Å². The Morgan fingerprint density at radius 2 is 2.04 bits per heavy atom. The molecule has 122 valence electrons. The Hall–Kier alpha value is -3.09. The second kappa shape index (κ2) is 7.45. The number of nitrogens with zero attached hydrogens (tertiary/aromatic N) is 3. The molecule has 1 amide bonds. The van der Waals surface area contributed by atoms with Gasteiger partial charge in [0.2, 0.25) is 17.7 Å². The zero-order valence-electron chi connectivity index (χ0n) is 12.8. The Kier molecular flexibility index (Phi) is 4.90. The summed E-state index contributed by atoms with van der Waals surface area (Å²) in [5.41, 5.74) is 1.17. The molecular formula is C17H15FN4O2. The van der Waals surface area contributed by atoms with E-state index in [1.807, 2.05) is 6.07 Å². The summed E-state index contributed by atoms with van der Waals surface area (Å²) in [6.45, 7) is 0.149. The fraction of sp³-hybridized carbons (Fsp3) is 0.176. The molecule has 0 bridgehead atoms. The largest absolute Gasteiger partial charge is 0.421 e. The number of aryl methyl sites for hydroxylation is 1. The summed E-state index contributed by atoms with van der Waals surface area (Å²) in [7, 11) is 0. The van der Waals surface area contributed by atoms with Gasteiger partial charge in [-0.1, -0.05) is 18.2 Å². The van der Waals surface area contributed by atoms with Crippen LogP contribution < -0.4 is 5.32 Å². The molecule has 0 radical (unpaired) electrons. The van der Waals surface area contributed by atoms with Gasteiger partial charge >= 0.3 is 0 Å². The molecule has 3 rings (SSSR count). The summed E-state index contributed by atoms with van der Waals surface area (Å²) in [5.74, 6) is 0.190. The molecule has 0 fully saturated rings. The number of carbonyl (C=O) groups is 1. The van der Waals surface area contributed by atoms with Crippen molar-refractivity contribution in [1.82, 2.24) is 20.5 Å². The molecule has 0 unspecified atom stereocenters. The number of pyridine rings is 1. The third-order valence-electron chi connectivity index (χ3n) is 3.38. The van der Waals surface area contributed by atoms with E-state index in [0.717, 1.165) is 5.56 Å². The van der Waals surface area contributed by atoms with Crippen LogP contribution in [0.5, 0.6) is 0 Å². The lowest BCUT2D eigenvalue weighted by molar-refractivity contribution is -0.121. The van der Waals surface area contributed by atoms with Gasteiger partial charge in [-0.25, -0.2) is 4.39 Å². The van der Waals surface area contributed by atoms with Crippen LogP contribution in [0.1, 0.15) is 17.9 Å². The molecule has 6 nitrogen and oxygen atoms in total. The van der Waals surface area contributed by atoms with Gasteiger partial charge in [0.05, 0.1) is 5.56 Å². The average Bonchev–Trinajstić information content (AvgIpc) is 3.09. The normalized spacial score (nSPS) is 10.5. The number of amides is 1. The number of hydrogen-bond donors (Lipinski definition) is 1. The summed E-state index contributed by atoms with van der Waals surface area (Å²) >= 11 is 0. The standard InChI is InChI=1S/C17H15FN4O2/c18-14-6-2-1-4-12(14)11-20-15(23)7-8-16-21-22-17(24-16)13-5-3-9-19-10-13/h1-6,9-10H,7-8,11H2,(H,20,23). The van der Waals surface area contributed by atoms with Crippen LogP contribution in [-0.4, -0.2) is 21.1 Å². The van der Waals surface area contributed by atoms with Crippen LogP contribution in [-0.2, 0) is 17.8 Å². The fourth-order valence-corrected chi connectivity index (χ4v) is 2.10. The Morgan fingerprint density at radius 3 is 2.83 bits per heavy atom. The molecule has 24 heavy (non-hydrogen) atoms. The van der Waals surface area contributed by atoms with Gasteiger partial charge in [-0.2, -0.15) is 0 Å². The molecule has 0 atom stereocenters. The van der Waals surface area contributed by atoms with E-state index in [2.05, 4.69) is 20.5 Å². The van der Waals surface area contributed by atoms with E-state index in [4.69, 9.17) is 4.42 Å². The first-order valence-corrected chi connectivity index (χ1v) is 7.45. The summed E-state index contributed by atoms with van der Waals surface area (Å²) in [5, 5.41) is 10.5. The van der Waals surface area contributed by atoms with Crippen molar-refractivity contribution in [2.75, 3.05) is 0 Å². The van der Waals surface area contributed by atoms with E-state index in [1.165, 1.54) is 6.07 Å². The first-order valence-electron chi connectivity index (χ1n) is 7.45. The van der Waals surface area contributed by atoms with Crippen molar-refractivity contribution >= 4 is 5.91 Å². The van der Waals surface area contributed by atoms with Crippen LogP contribution in [0.3, 0.4) is 0 Å². The van der Waals surface area contributed by atoms with Crippen molar-refractivity contribution < 1.29 is 13.6 Å². The minimum absolute atomic E-state index is 0.149. The molecular weight excluding hydrogens is 311 g/mol. The van der Waals surface area contributed by atoms with E-state index < -0.39 is 0 Å². The first-order chi connectivity index (χ1) is 11.7. The molecule has 0 spiro atoms. The average molecular weight is 326 g/mol. The quantitative estimate of drug-likeness (QED) is 0.753. The second-order valence-corrected chi connectivity index (χ2v) is 5.11. The van der Waals surface area contributed by atoms with Gasteiger partial charge < -0.3 is 9.73 Å². The predicted molar refractivity (Wildman–Crippen MR) is 84.1 cm³/mol. The van der Waals surface area contributed by atoms with Crippen LogP contribution in [0.4, 0.5) is 4.39 Å². The topological polar surface area (TPSA) is 80.9 Å². The third-order valence-corrected chi connectivity index (χ3v) is 3.38. The Morgan fingerprint density at radius 1 is 1.17 bits per heavy atom. The highest BCUT2D eigenvalue weighted by Crippen LogP contribution is 2.16. The smallest absolute Gasteiger partial charge is 0.249 e. The Labute approximate surface area is 137 Å². The highest BCUT2D eigenvalue weighted by atomic mass is 19.1. The Balaban J connectivity index is 1.50. The number of aromatic nitrogens is 3. The second-order valence-electron chi connectivity index (χ2n) is 5.11. The lowest BCUT2D eigenvalue weighted by Gasteiger charge is -2.05. The van der Waals surface area contributed by atoms with Gasteiger partial charge in [-0.15, -0.1) is 10.2 Å². The Bertz CT molecular complexity index is 820. The first kappa shape index (κ1) is 15.8. The highest BCUT2D eigenvalue weighted by molar-refractivity contribution is 5.76. The molecule has 0 aliphatic heterocycles. The van der Waals surface area contributed by atoms with E-state index >= 15 is 0 Å². The van der Waals surface area contributed by atoms with E-state index in [-0.39, 0.29) is 24.7 Å². The fourth-order valence-electron chi connectivity index (χ4n) is 2.10. The zero-order valence-corrected chi connectivity index (χ0v) is 12.8. The lowest BCUT2D eigenvalue weighted by atomic mass is 10.2. The molecule has 1 N–H and O–H groups in total. The lowest BCUT2D eigenvalue weighted by Crippen LogP contribution is -2.23. The van der Waals surface area contributed by atoms with Crippen molar-refractivity contribution in [3.8, 4) is 11.5 Å². The van der Waals surface area contributed by atoms with Crippen LogP contribution in [0.2, 0.25) is 0 Å². The highest BCUT2D eigenvalue weighted by Gasteiger charge is 2.11. The minimum Gasteiger partial charge on any atom is -0.421 e. The van der Waals surface area contributed by atoms with Crippen molar-refractivity contribution in [1.29, 1.82) is 0 Å². The number of rotatable bonds is 6. The molecule has 3 aromatic rings. The summed E-state index contributed by atoms with van der Waals surface area (Å²) in [6, 6.07) is 9.91. The van der Waals surface area contributed by atoms with E-state index in [1.54, 1.807) is 36.7 Å². The number of halogens is 1. The maximum Gasteiger partial charge on any atom is 0.249 e. The number of hydrogen-bond acceptors (Lipinski definition) is 5. The summed E-state index contributed by atoms with van der Waals surface area (Å²) in [6.07, 6.45) is 3.78. The van der Waals surface area contributed by atoms with Gasteiger partial charge in [0, 0.05) is 37.3 Å². The van der Waals surface area contributed by atoms with Crippen LogP contribution in [0, 0.1) is 5.82 Å². The third kappa shape index (κ3) is 4.01. The maximum atomic E-state index is 13.5. The minimum atomic E-state index is -0.337. The van der Waals surface area contributed by atoms with Crippen molar-refractivity contribution in [3.63, 3.8) is 0 Å². The van der Waals surface area contributed by atoms with Crippen molar-refractivity contribution in [3.05, 3.63) is 66.1 Å². The molecule has 0 saturated heterocycles. The summed E-state index contributed by atoms with van der Waals surface area (Å²) in [4.78, 5) is 15.8. The van der Waals surface area contributed by atoms with Crippen molar-refractivity contribution in [2.24, 2.45) is 0 Å². The maximum absolute atomic E-state index is 13.5. The zero-order chi connectivity index (χ0) is 16.8. The van der Waals surface area contributed by atoms with E-state index in [9.17, 15) is 9.18 Å². The molecule has 1 aromatic carbocycles. The predicted octanol–water partition coefficient (Wildman–Crippen LogP) is 2.52. The summed E-state index contributed by atoms with van der Waals surface area (Å²) < 4.78 is 19.0. The van der Waals surface area contributed by atoms with Gasteiger partial charge in [0.1, 0.15) is 5.82 Å². The van der Waals surface area contributed by atoms with Crippen LogP contribution >= 0.6 is 0 Å². The number of nitrogens with one attached hydrogen (secondary N) is 1. The number of carbonyl (C=O) groups excluding carboxylic acids is 1. The monoisotopic (exact) mass is 326 g/mol. The van der Waals surface area contributed by atoms with Gasteiger partial charge in [0.25, 0.3) is 0 Å². The molecule has 7 heteroatoms. The SMILES string of the molecule is O=C(CCc1nnc(-c2cccnc2)o1)NCc1ccccc1F. The van der Waals surface area contributed by atoms with Crippen molar-refractivity contribution in [2.45, 2.75) is 19.4 Å². The molecule has 2 aromatic heterocycles. The van der Waals surface area contributed by atoms with Gasteiger partial charge in [-0.3, -0.25) is 9.78 Å². The van der Waals surface area contributed by atoms with E-state index in [0.29, 0.717) is 23.8 Å².